The third kappa shape index (κ3) is 2.58. The number of nitrogens with one attached hydrogen (secondary N) is 1. The molecule has 0 spiro atoms. The molecule has 1 aromatic heterocycles. The van der Waals surface area contributed by atoms with E-state index in [4.69, 9.17) is 4.42 Å². The number of amides is 1. The summed E-state index contributed by atoms with van der Waals surface area (Å²) < 4.78 is 5.40. The van der Waals surface area contributed by atoms with Gasteiger partial charge in [0, 0.05) is 6.92 Å². The number of carboxylic acid groups (broad SMARTS) is 1. The average Bonchev–Trinajstić information content (AvgIpc) is 2.83. The van der Waals surface area contributed by atoms with Crippen LogP contribution in [0.15, 0.2) is 28.7 Å². The number of hydrogen-bond donors (Lipinski definition) is 2. The van der Waals surface area contributed by atoms with Crippen molar-refractivity contribution in [3.63, 3.8) is 0 Å². The van der Waals surface area contributed by atoms with E-state index in [9.17, 15) is 14.7 Å². The quantitative estimate of drug-likeness (QED) is 0.897. The maximum Gasteiger partial charge on any atom is 0.307 e. The molecule has 120 valence electrons. The fourth-order valence-corrected chi connectivity index (χ4v) is 2.98. The molecule has 2 atom stereocenters. The third-order valence-corrected chi connectivity index (χ3v) is 4.32. The summed E-state index contributed by atoms with van der Waals surface area (Å²) in [5.74, 6) is -1.75. The molecule has 23 heavy (non-hydrogen) atoms. The Balaban J connectivity index is 1.85. The van der Waals surface area contributed by atoms with Crippen LogP contribution in [0.1, 0.15) is 19.7 Å². The van der Waals surface area contributed by atoms with Crippen molar-refractivity contribution >= 4 is 17.6 Å². The second-order valence-electron chi connectivity index (χ2n) is 6.28. The molecular formula is C16H17N3O4. The number of rotatable bonds is 4. The maximum atomic E-state index is 12.5. The van der Waals surface area contributed by atoms with Crippen LogP contribution in [0.25, 0.3) is 11.5 Å². The second kappa shape index (κ2) is 5.19. The Bertz CT molecular complexity index is 781. The zero-order chi connectivity index (χ0) is 16.8. The van der Waals surface area contributed by atoms with Gasteiger partial charge in [-0.05, 0) is 17.5 Å². The monoisotopic (exact) mass is 315 g/mol. The first-order chi connectivity index (χ1) is 10.8. The van der Waals surface area contributed by atoms with Crippen LogP contribution in [0.3, 0.4) is 0 Å². The van der Waals surface area contributed by atoms with E-state index in [0.29, 0.717) is 23.0 Å². The van der Waals surface area contributed by atoms with Gasteiger partial charge in [-0.25, -0.2) is 0 Å². The van der Waals surface area contributed by atoms with Crippen molar-refractivity contribution in [1.29, 1.82) is 0 Å². The van der Waals surface area contributed by atoms with Gasteiger partial charge in [0.1, 0.15) is 0 Å². The minimum absolute atomic E-state index is 0.309. The highest BCUT2D eigenvalue weighted by molar-refractivity contribution is 6.01. The van der Waals surface area contributed by atoms with Gasteiger partial charge < -0.3 is 14.8 Å². The number of aryl methyl sites for hydroxylation is 1. The summed E-state index contributed by atoms with van der Waals surface area (Å²) in [7, 11) is 0. The van der Waals surface area contributed by atoms with Gasteiger partial charge >= 0.3 is 5.97 Å². The topological polar surface area (TPSA) is 105 Å². The lowest BCUT2D eigenvalue weighted by molar-refractivity contribution is -0.140. The Labute approximate surface area is 132 Å². The molecule has 3 rings (SSSR count). The van der Waals surface area contributed by atoms with Crippen molar-refractivity contribution < 1.29 is 19.1 Å². The number of aromatic nitrogens is 2. The number of aliphatic carboxylic acids is 1. The van der Waals surface area contributed by atoms with Gasteiger partial charge in [0.05, 0.1) is 23.1 Å². The van der Waals surface area contributed by atoms with Gasteiger partial charge in [-0.15, -0.1) is 10.2 Å². The van der Waals surface area contributed by atoms with Crippen molar-refractivity contribution in [3.05, 3.63) is 30.2 Å². The highest BCUT2D eigenvalue weighted by atomic mass is 16.4. The Hall–Kier alpha value is -2.70. The standard InChI is InChI=1S/C16H17N3O4/c1-8-18-19-14(23-8)9-6-4-5-7-10(9)17-13(20)11-12(15(21)22)16(11,2)3/h4-7,11-12H,1-3H3,(H,17,20)(H,21,22)/t11-,12-/m0/s1. The number of nitrogens with zero attached hydrogens (tertiary/aromatic N) is 2. The Kier molecular flexibility index (Phi) is 3.43. The number of carbonyl (C=O) groups is 2. The highest BCUT2D eigenvalue weighted by Crippen LogP contribution is 2.58. The molecule has 0 unspecified atom stereocenters. The van der Waals surface area contributed by atoms with Crippen LogP contribution >= 0.6 is 0 Å². The first-order valence-corrected chi connectivity index (χ1v) is 7.25. The first-order valence-electron chi connectivity index (χ1n) is 7.25. The fourth-order valence-electron chi connectivity index (χ4n) is 2.98. The Morgan fingerprint density at radius 2 is 1.91 bits per heavy atom. The first kappa shape index (κ1) is 15.2. The molecular weight excluding hydrogens is 298 g/mol. The summed E-state index contributed by atoms with van der Waals surface area (Å²) in [4.78, 5) is 23.7. The van der Waals surface area contributed by atoms with Crippen LogP contribution in [-0.4, -0.2) is 27.2 Å². The number of anilines is 1. The molecule has 1 saturated carbocycles. The van der Waals surface area contributed by atoms with E-state index in [1.54, 1.807) is 45.0 Å². The van der Waals surface area contributed by atoms with Gasteiger partial charge in [-0.2, -0.15) is 0 Å². The number of hydrogen-bond acceptors (Lipinski definition) is 5. The average molecular weight is 315 g/mol. The molecule has 1 fully saturated rings. The van der Waals surface area contributed by atoms with Gasteiger partial charge in [0.15, 0.2) is 0 Å². The van der Waals surface area contributed by atoms with Crippen LogP contribution in [0.2, 0.25) is 0 Å². The lowest BCUT2D eigenvalue weighted by atomic mass is 10.1. The van der Waals surface area contributed by atoms with Gasteiger partial charge in [-0.1, -0.05) is 26.0 Å². The normalized spacial score (nSPS) is 21.7. The summed E-state index contributed by atoms with van der Waals surface area (Å²) in [6.45, 7) is 5.24. The lowest BCUT2D eigenvalue weighted by Gasteiger charge is -2.09. The SMILES string of the molecule is Cc1nnc(-c2ccccc2NC(=O)[C@@H]2[C@@H](C(=O)O)C2(C)C)o1. The smallest absolute Gasteiger partial charge is 0.307 e. The van der Waals surface area contributed by atoms with Gasteiger partial charge in [0.25, 0.3) is 0 Å². The molecule has 0 aliphatic heterocycles. The van der Waals surface area contributed by atoms with E-state index in [-0.39, 0.29) is 5.91 Å². The molecule has 2 N–H and O–H groups in total. The molecule has 0 radical (unpaired) electrons. The van der Waals surface area contributed by atoms with E-state index >= 15 is 0 Å². The van der Waals surface area contributed by atoms with Crippen LogP contribution in [0.4, 0.5) is 5.69 Å². The van der Waals surface area contributed by atoms with E-state index in [2.05, 4.69) is 15.5 Å². The fraction of sp³-hybridized carbons (Fsp3) is 0.375. The van der Waals surface area contributed by atoms with Crippen LogP contribution in [-0.2, 0) is 9.59 Å². The molecule has 7 heteroatoms. The predicted octanol–water partition coefficient (Wildman–Crippen LogP) is 2.34. The van der Waals surface area contributed by atoms with Gasteiger partial charge in [-0.3, -0.25) is 9.59 Å². The molecule has 0 saturated heterocycles. The van der Waals surface area contributed by atoms with Crippen LogP contribution in [0, 0.1) is 24.2 Å². The number of benzene rings is 1. The summed E-state index contributed by atoms with van der Waals surface area (Å²) in [5.41, 5.74) is 0.575. The maximum absolute atomic E-state index is 12.5. The summed E-state index contributed by atoms with van der Waals surface area (Å²) in [6, 6.07) is 7.05. The summed E-state index contributed by atoms with van der Waals surface area (Å²) in [6.07, 6.45) is 0. The Morgan fingerprint density at radius 1 is 1.22 bits per heavy atom. The third-order valence-electron chi connectivity index (χ3n) is 4.32. The molecule has 2 aromatic rings. The molecule has 1 amide bonds. The molecule has 1 aromatic carbocycles. The van der Waals surface area contributed by atoms with Crippen molar-refractivity contribution in [2.75, 3.05) is 5.32 Å². The molecule has 1 aliphatic carbocycles. The van der Waals surface area contributed by atoms with E-state index < -0.39 is 23.2 Å². The zero-order valence-corrected chi connectivity index (χ0v) is 13.0. The largest absolute Gasteiger partial charge is 0.481 e. The minimum atomic E-state index is -0.948. The molecule has 0 bridgehead atoms. The van der Waals surface area contributed by atoms with Gasteiger partial charge in [0.2, 0.25) is 17.7 Å². The van der Waals surface area contributed by atoms with E-state index in [1.165, 1.54) is 0 Å². The van der Waals surface area contributed by atoms with Crippen LogP contribution in [0.5, 0.6) is 0 Å². The minimum Gasteiger partial charge on any atom is -0.481 e. The Morgan fingerprint density at radius 3 is 2.48 bits per heavy atom. The van der Waals surface area contributed by atoms with Crippen molar-refractivity contribution in [3.8, 4) is 11.5 Å². The number of carbonyl (C=O) groups excluding carboxylic acids is 1. The molecule has 1 heterocycles. The summed E-state index contributed by atoms with van der Waals surface area (Å²) >= 11 is 0. The highest BCUT2D eigenvalue weighted by Gasteiger charge is 2.65. The second-order valence-corrected chi connectivity index (χ2v) is 6.28. The number of para-hydroxylation sites is 1. The van der Waals surface area contributed by atoms with E-state index in [1.807, 2.05) is 0 Å². The molecule has 1 aliphatic rings. The van der Waals surface area contributed by atoms with Crippen molar-refractivity contribution in [1.82, 2.24) is 10.2 Å². The zero-order valence-electron chi connectivity index (χ0n) is 13.0. The molecule has 7 nitrogen and oxygen atoms in total. The summed E-state index contributed by atoms with van der Waals surface area (Å²) in [5, 5.41) is 19.7. The number of carboxylic acids is 1. The lowest BCUT2D eigenvalue weighted by Crippen LogP contribution is -2.18. The van der Waals surface area contributed by atoms with Crippen LogP contribution < -0.4 is 5.32 Å². The van der Waals surface area contributed by atoms with Crippen molar-refractivity contribution in [2.45, 2.75) is 20.8 Å². The van der Waals surface area contributed by atoms with E-state index in [0.717, 1.165) is 0 Å². The predicted molar refractivity (Wildman–Crippen MR) is 81.5 cm³/mol. The van der Waals surface area contributed by atoms with Crippen molar-refractivity contribution in [2.24, 2.45) is 17.3 Å².